The number of carbonyl (C=O) groups is 1. The maximum absolute atomic E-state index is 13.2. The van der Waals surface area contributed by atoms with E-state index in [4.69, 9.17) is 9.26 Å². The van der Waals surface area contributed by atoms with E-state index < -0.39 is 0 Å². The van der Waals surface area contributed by atoms with Crippen molar-refractivity contribution < 1.29 is 14.1 Å². The minimum atomic E-state index is 0.0395. The highest BCUT2D eigenvalue weighted by atomic mass is 32.2. The van der Waals surface area contributed by atoms with Gasteiger partial charge in [0.2, 0.25) is 0 Å². The maximum atomic E-state index is 13.2. The average Bonchev–Trinajstić information content (AvgIpc) is 3.24. The molecular weight excluding hydrogens is 424 g/mol. The van der Waals surface area contributed by atoms with Crippen LogP contribution in [0.25, 0.3) is 0 Å². The fraction of sp³-hybridized carbons (Fsp3) is 0.375. The lowest BCUT2D eigenvalue weighted by atomic mass is 10.1. The van der Waals surface area contributed by atoms with Crippen molar-refractivity contribution in [2.75, 3.05) is 32.8 Å². The van der Waals surface area contributed by atoms with E-state index in [2.05, 4.69) is 27.2 Å². The number of pyridine rings is 1. The molecule has 1 fully saturated rings. The Morgan fingerprint density at radius 3 is 2.62 bits per heavy atom. The van der Waals surface area contributed by atoms with Gasteiger partial charge >= 0.3 is 0 Å². The quantitative estimate of drug-likeness (QED) is 0.478. The van der Waals surface area contributed by atoms with Crippen molar-refractivity contribution in [2.24, 2.45) is 0 Å². The van der Waals surface area contributed by atoms with Gasteiger partial charge in [-0.2, -0.15) is 0 Å². The molecule has 0 bridgehead atoms. The van der Waals surface area contributed by atoms with Gasteiger partial charge in [-0.05, 0) is 43.7 Å². The van der Waals surface area contributed by atoms with Gasteiger partial charge in [-0.3, -0.25) is 9.69 Å². The van der Waals surface area contributed by atoms with Gasteiger partial charge in [0.25, 0.3) is 5.91 Å². The van der Waals surface area contributed by atoms with E-state index in [1.54, 1.807) is 6.20 Å². The Bertz CT molecular complexity index is 1030. The molecule has 1 amide bonds. The second kappa shape index (κ2) is 10.7. The fourth-order valence-corrected chi connectivity index (χ4v) is 4.56. The average molecular weight is 453 g/mol. The van der Waals surface area contributed by atoms with Crippen molar-refractivity contribution >= 4 is 17.7 Å². The summed E-state index contributed by atoms with van der Waals surface area (Å²) in [6.07, 6.45) is 1.72. The minimum Gasteiger partial charge on any atom is -0.494 e. The van der Waals surface area contributed by atoms with E-state index in [0.717, 1.165) is 41.9 Å². The number of thioether (sulfide) groups is 1. The van der Waals surface area contributed by atoms with E-state index in [-0.39, 0.29) is 5.91 Å². The molecule has 0 aliphatic carbocycles. The lowest BCUT2D eigenvalue weighted by Crippen LogP contribution is -2.48. The third kappa shape index (κ3) is 5.69. The summed E-state index contributed by atoms with van der Waals surface area (Å²) < 4.78 is 10.6. The van der Waals surface area contributed by atoms with Gasteiger partial charge in [0.1, 0.15) is 16.5 Å². The Morgan fingerprint density at radius 1 is 1.16 bits per heavy atom. The first kappa shape index (κ1) is 22.4. The predicted molar refractivity (Wildman–Crippen MR) is 124 cm³/mol. The van der Waals surface area contributed by atoms with E-state index in [9.17, 15) is 4.79 Å². The number of aryl methyl sites for hydroxylation is 1. The van der Waals surface area contributed by atoms with Gasteiger partial charge in [-0.25, -0.2) is 4.98 Å². The molecule has 32 heavy (non-hydrogen) atoms. The number of benzene rings is 1. The number of nitrogens with zero attached hydrogens (tertiary/aromatic N) is 4. The molecule has 2 aromatic heterocycles. The third-order valence-electron chi connectivity index (χ3n) is 5.34. The molecular formula is C24H28N4O3S. The van der Waals surface area contributed by atoms with Crippen LogP contribution in [0.5, 0.6) is 5.75 Å². The highest BCUT2D eigenvalue weighted by Crippen LogP contribution is 2.25. The van der Waals surface area contributed by atoms with Crippen LogP contribution in [0.15, 0.2) is 58.2 Å². The van der Waals surface area contributed by atoms with Crippen molar-refractivity contribution in [1.29, 1.82) is 0 Å². The first-order valence-electron chi connectivity index (χ1n) is 10.9. The molecule has 0 saturated carbocycles. The summed E-state index contributed by atoms with van der Waals surface area (Å²) in [4.78, 5) is 22.0. The molecule has 3 aromatic rings. The molecule has 1 aliphatic heterocycles. The second-order valence-electron chi connectivity index (χ2n) is 7.72. The monoisotopic (exact) mass is 452 g/mol. The van der Waals surface area contributed by atoms with Crippen molar-refractivity contribution in [3.05, 3.63) is 71.2 Å². The summed E-state index contributed by atoms with van der Waals surface area (Å²) in [5.41, 5.74) is 2.75. The van der Waals surface area contributed by atoms with Gasteiger partial charge in [0, 0.05) is 50.7 Å². The molecule has 168 valence electrons. The van der Waals surface area contributed by atoms with Gasteiger partial charge in [-0.15, -0.1) is 0 Å². The van der Waals surface area contributed by atoms with E-state index in [0.29, 0.717) is 31.0 Å². The lowest BCUT2D eigenvalue weighted by molar-refractivity contribution is 0.0624. The molecule has 0 atom stereocenters. The number of aromatic nitrogens is 2. The second-order valence-corrected chi connectivity index (χ2v) is 8.68. The summed E-state index contributed by atoms with van der Waals surface area (Å²) in [7, 11) is 0. The van der Waals surface area contributed by atoms with E-state index in [1.165, 1.54) is 17.3 Å². The first-order valence-corrected chi connectivity index (χ1v) is 11.8. The number of rotatable bonds is 8. The summed E-state index contributed by atoms with van der Waals surface area (Å²) in [6, 6.07) is 13.8. The van der Waals surface area contributed by atoms with E-state index >= 15 is 0 Å². The highest BCUT2D eigenvalue weighted by Gasteiger charge is 2.24. The summed E-state index contributed by atoms with van der Waals surface area (Å²) in [6.45, 7) is 8.51. The standard InChI is InChI=1S/C24H28N4O3S/c1-3-30-21-8-6-19(7-9-21)16-27-11-13-28(14-12-27)24(29)22-5-4-10-25-23(22)32-17-20-15-18(2)31-26-20/h4-10,15H,3,11-14,16-17H2,1-2H3. The minimum absolute atomic E-state index is 0.0395. The van der Waals surface area contributed by atoms with Crippen molar-refractivity contribution in [1.82, 2.24) is 19.9 Å². The largest absolute Gasteiger partial charge is 0.494 e. The summed E-state index contributed by atoms with van der Waals surface area (Å²) in [5.74, 6) is 2.33. The molecule has 1 aromatic carbocycles. The Morgan fingerprint density at radius 2 is 1.94 bits per heavy atom. The lowest BCUT2D eigenvalue weighted by Gasteiger charge is -2.35. The number of hydrogen-bond donors (Lipinski definition) is 0. The van der Waals surface area contributed by atoms with Crippen LogP contribution in [0.2, 0.25) is 0 Å². The van der Waals surface area contributed by atoms with Crippen LogP contribution in [-0.2, 0) is 12.3 Å². The van der Waals surface area contributed by atoms with Crippen LogP contribution >= 0.6 is 11.8 Å². The Kier molecular flexibility index (Phi) is 7.44. The molecule has 4 rings (SSSR count). The van der Waals surface area contributed by atoms with Gasteiger partial charge < -0.3 is 14.2 Å². The molecule has 3 heterocycles. The molecule has 1 aliphatic rings. The van der Waals surface area contributed by atoms with Crippen LogP contribution in [0.4, 0.5) is 0 Å². The SMILES string of the molecule is CCOc1ccc(CN2CCN(C(=O)c3cccnc3SCc3cc(C)on3)CC2)cc1. The molecule has 1 saturated heterocycles. The van der Waals surface area contributed by atoms with Crippen molar-refractivity contribution in [3.8, 4) is 5.75 Å². The number of amides is 1. The number of hydrogen-bond acceptors (Lipinski definition) is 7. The smallest absolute Gasteiger partial charge is 0.256 e. The summed E-state index contributed by atoms with van der Waals surface area (Å²) >= 11 is 1.51. The molecule has 7 nitrogen and oxygen atoms in total. The Hall–Kier alpha value is -2.84. The van der Waals surface area contributed by atoms with Crippen LogP contribution in [-0.4, -0.2) is 58.6 Å². The van der Waals surface area contributed by atoms with Crippen LogP contribution in [0.1, 0.15) is 34.3 Å². The third-order valence-corrected chi connectivity index (χ3v) is 6.37. The molecule has 0 radical (unpaired) electrons. The normalized spacial score (nSPS) is 14.5. The molecule has 8 heteroatoms. The predicted octanol–water partition coefficient (Wildman–Crippen LogP) is 4.03. The molecule has 0 N–H and O–H groups in total. The van der Waals surface area contributed by atoms with Gasteiger partial charge in [0.05, 0.1) is 17.9 Å². The Balaban J connectivity index is 1.32. The highest BCUT2D eigenvalue weighted by molar-refractivity contribution is 7.98. The number of piperazine rings is 1. The molecule has 0 unspecified atom stereocenters. The van der Waals surface area contributed by atoms with Crippen LogP contribution in [0, 0.1) is 6.92 Å². The fourth-order valence-electron chi connectivity index (χ4n) is 3.69. The zero-order chi connectivity index (χ0) is 22.3. The summed E-state index contributed by atoms with van der Waals surface area (Å²) in [5, 5.41) is 4.75. The Labute approximate surface area is 192 Å². The van der Waals surface area contributed by atoms with E-state index in [1.807, 2.05) is 49.1 Å². The first-order chi connectivity index (χ1) is 15.6. The maximum Gasteiger partial charge on any atom is 0.256 e. The van der Waals surface area contributed by atoms with Gasteiger partial charge in [-0.1, -0.05) is 29.1 Å². The van der Waals surface area contributed by atoms with Crippen molar-refractivity contribution in [2.45, 2.75) is 31.2 Å². The number of ether oxygens (including phenoxy) is 1. The van der Waals surface area contributed by atoms with Crippen LogP contribution < -0.4 is 4.74 Å². The zero-order valence-electron chi connectivity index (χ0n) is 18.5. The van der Waals surface area contributed by atoms with Crippen molar-refractivity contribution in [3.63, 3.8) is 0 Å². The van der Waals surface area contributed by atoms with Crippen LogP contribution in [0.3, 0.4) is 0 Å². The topological polar surface area (TPSA) is 71.7 Å². The van der Waals surface area contributed by atoms with Gasteiger partial charge in [0.15, 0.2) is 0 Å². The number of carbonyl (C=O) groups excluding carboxylic acids is 1. The molecule has 0 spiro atoms. The zero-order valence-corrected chi connectivity index (χ0v) is 19.3.